The molecule has 17 heavy (non-hydrogen) atoms. The van der Waals surface area contributed by atoms with E-state index in [2.05, 4.69) is 18.5 Å². The fourth-order valence-electron chi connectivity index (χ4n) is 1.82. The van der Waals surface area contributed by atoms with Gasteiger partial charge in [-0.25, -0.2) is 0 Å². The summed E-state index contributed by atoms with van der Waals surface area (Å²) in [6.45, 7) is 4.14. The van der Waals surface area contributed by atoms with Crippen molar-refractivity contribution in [2.75, 3.05) is 12.0 Å². The van der Waals surface area contributed by atoms with Gasteiger partial charge in [-0.15, -0.1) is 0 Å². The maximum Gasteiger partial charge on any atom is 0.120 e. The molecule has 0 aromatic heterocycles. The second kappa shape index (κ2) is 6.77. The molecule has 96 valence electrons. The molecule has 0 aliphatic carbocycles. The molecule has 0 aliphatic rings. The molecule has 0 radical (unpaired) electrons. The highest BCUT2D eigenvalue weighted by atomic mass is 32.2. The van der Waals surface area contributed by atoms with E-state index in [4.69, 9.17) is 0 Å². The Kier molecular flexibility index (Phi) is 5.65. The molecular weight excluding hydrogens is 234 g/mol. The van der Waals surface area contributed by atoms with Crippen LogP contribution >= 0.6 is 11.8 Å². The first-order valence-electron chi connectivity index (χ1n) is 5.85. The Balaban J connectivity index is 2.74. The molecule has 0 aliphatic heterocycles. The number of hydrogen-bond donors (Lipinski definition) is 3. The number of nitrogens with one attached hydrogen (secondary N) is 1. The summed E-state index contributed by atoms with van der Waals surface area (Å²) in [5, 5.41) is 22.7. The third-order valence-electron chi connectivity index (χ3n) is 2.82. The monoisotopic (exact) mass is 255 g/mol. The Morgan fingerprint density at radius 2 is 2.06 bits per heavy atom. The zero-order valence-electron chi connectivity index (χ0n) is 10.6. The average Bonchev–Trinajstić information content (AvgIpc) is 2.31. The summed E-state index contributed by atoms with van der Waals surface area (Å²) in [5.74, 6) is 1.45. The van der Waals surface area contributed by atoms with Gasteiger partial charge in [0.25, 0.3) is 0 Å². The average molecular weight is 255 g/mol. The van der Waals surface area contributed by atoms with Crippen LogP contribution in [0.15, 0.2) is 18.2 Å². The predicted molar refractivity (Wildman–Crippen MR) is 73.8 cm³/mol. The van der Waals surface area contributed by atoms with Gasteiger partial charge in [0, 0.05) is 23.4 Å². The van der Waals surface area contributed by atoms with Crippen LogP contribution in [0, 0.1) is 0 Å². The van der Waals surface area contributed by atoms with Crippen molar-refractivity contribution in [2.45, 2.75) is 32.4 Å². The fraction of sp³-hybridized carbons (Fsp3) is 0.538. The number of thioether (sulfide) groups is 1. The highest BCUT2D eigenvalue weighted by molar-refractivity contribution is 7.98. The van der Waals surface area contributed by atoms with E-state index in [1.54, 1.807) is 17.8 Å². The van der Waals surface area contributed by atoms with Crippen LogP contribution in [0.2, 0.25) is 0 Å². The van der Waals surface area contributed by atoms with Crippen molar-refractivity contribution in [3.8, 4) is 11.5 Å². The van der Waals surface area contributed by atoms with E-state index in [1.165, 1.54) is 12.1 Å². The maximum atomic E-state index is 9.76. The van der Waals surface area contributed by atoms with Crippen molar-refractivity contribution >= 4 is 11.8 Å². The van der Waals surface area contributed by atoms with Crippen LogP contribution in [0.25, 0.3) is 0 Å². The van der Waals surface area contributed by atoms with Gasteiger partial charge in [-0.3, -0.25) is 0 Å². The number of phenols is 2. The molecule has 1 aromatic rings. The Morgan fingerprint density at radius 3 is 2.65 bits per heavy atom. The van der Waals surface area contributed by atoms with Crippen LogP contribution in [0.4, 0.5) is 0 Å². The summed E-state index contributed by atoms with van der Waals surface area (Å²) in [7, 11) is 0. The molecule has 2 atom stereocenters. The summed E-state index contributed by atoms with van der Waals surface area (Å²) < 4.78 is 0. The lowest BCUT2D eigenvalue weighted by Crippen LogP contribution is -2.33. The third kappa shape index (κ3) is 4.13. The topological polar surface area (TPSA) is 52.5 Å². The van der Waals surface area contributed by atoms with Crippen LogP contribution in [0.1, 0.15) is 31.9 Å². The Bertz CT molecular complexity index is 357. The van der Waals surface area contributed by atoms with Crippen molar-refractivity contribution < 1.29 is 10.2 Å². The van der Waals surface area contributed by atoms with Gasteiger partial charge in [-0.1, -0.05) is 6.92 Å². The highest BCUT2D eigenvalue weighted by Gasteiger charge is 2.14. The van der Waals surface area contributed by atoms with Gasteiger partial charge in [-0.2, -0.15) is 11.8 Å². The van der Waals surface area contributed by atoms with Gasteiger partial charge in [0.05, 0.1) is 0 Å². The molecule has 0 saturated heterocycles. The van der Waals surface area contributed by atoms with Crippen LogP contribution in [0.3, 0.4) is 0 Å². The summed E-state index contributed by atoms with van der Waals surface area (Å²) in [4.78, 5) is 0. The van der Waals surface area contributed by atoms with Crippen molar-refractivity contribution in [1.29, 1.82) is 0 Å². The summed E-state index contributed by atoms with van der Waals surface area (Å²) in [6, 6.07) is 5.07. The molecule has 0 heterocycles. The van der Waals surface area contributed by atoms with Gasteiger partial charge < -0.3 is 15.5 Å². The van der Waals surface area contributed by atoms with Crippen molar-refractivity contribution in [3.63, 3.8) is 0 Å². The Hall–Kier alpha value is -0.870. The van der Waals surface area contributed by atoms with E-state index in [0.717, 1.165) is 17.7 Å². The number of phenolic OH excluding ortho intramolecular Hbond substituents is 2. The molecule has 1 rings (SSSR count). The van der Waals surface area contributed by atoms with Crippen molar-refractivity contribution in [2.24, 2.45) is 0 Å². The molecular formula is C13H21NO2S. The Labute approximate surface area is 107 Å². The van der Waals surface area contributed by atoms with E-state index >= 15 is 0 Å². The minimum absolute atomic E-state index is 0.0270. The molecule has 0 fully saturated rings. The SMILES string of the molecule is CCC(CSC)NC(C)c1cc(O)ccc1O. The van der Waals surface area contributed by atoms with E-state index in [1.807, 2.05) is 6.92 Å². The number of hydrogen-bond acceptors (Lipinski definition) is 4. The molecule has 0 spiro atoms. The standard InChI is InChI=1S/C13H21NO2S/c1-4-10(8-17-3)14-9(2)12-7-11(15)5-6-13(12)16/h5-7,9-10,14-16H,4,8H2,1-3H3. The van der Waals surface area contributed by atoms with Crippen molar-refractivity contribution in [1.82, 2.24) is 5.32 Å². The molecule has 3 nitrogen and oxygen atoms in total. The van der Waals surface area contributed by atoms with Gasteiger partial charge in [0.1, 0.15) is 11.5 Å². The lowest BCUT2D eigenvalue weighted by atomic mass is 10.1. The second-order valence-corrected chi connectivity index (χ2v) is 5.10. The Morgan fingerprint density at radius 1 is 1.35 bits per heavy atom. The lowest BCUT2D eigenvalue weighted by molar-refractivity contribution is 0.425. The van der Waals surface area contributed by atoms with Crippen LogP contribution in [-0.4, -0.2) is 28.3 Å². The molecule has 4 heteroatoms. The molecule has 0 amide bonds. The second-order valence-electron chi connectivity index (χ2n) is 4.19. The van der Waals surface area contributed by atoms with Gasteiger partial charge in [0.2, 0.25) is 0 Å². The molecule has 1 aromatic carbocycles. The third-order valence-corrected chi connectivity index (χ3v) is 3.56. The van der Waals surface area contributed by atoms with E-state index in [0.29, 0.717) is 6.04 Å². The molecule has 0 bridgehead atoms. The zero-order valence-corrected chi connectivity index (χ0v) is 11.4. The van der Waals surface area contributed by atoms with Crippen LogP contribution in [0.5, 0.6) is 11.5 Å². The maximum absolute atomic E-state index is 9.76. The minimum Gasteiger partial charge on any atom is -0.508 e. The molecule has 0 saturated carbocycles. The van der Waals surface area contributed by atoms with E-state index in [-0.39, 0.29) is 17.5 Å². The first-order chi connectivity index (χ1) is 8.08. The smallest absolute Gasteiger partial charge is 0.120 e. The van der Waals surface area contributed by atoms with Crippen LogP contribution < -0.4 is 5.32 Å². The van der Waals surface area contributed by atoms with Crippen LogP contribution in [-0.2, 0) is 0 Å². The summed E-state index contributed by atoms with van der Waals surface area (Å²) in [6.07, 6.45) is 3.13. The van der Waals surface area contributed by atoms with E-state index < -0.39 is 0 Å². The first kappa shape index (κ1) is 14.2. The summed E-state index contributed by atoms with van der Waals surface area (Å²) in [5.41, 5.74) is 0.740. The first-order valence-corrected chi connectivity index (χ1v) is 7.24. The lowest BCUT2D eigenvalue weighted by Gasteiger charge is -2.22. The number of benzene rings is 1. The fourth-order valence-corrected chi connectivity index (χ4v) is 2.55. The van der Waals surface area contributed by atoms with E-state index in [9.17, 15) is 10.2 Å². The number of aromatic hydroxyl groups is 2. The minimum atomic E-state index is 0.0270. The predicted octanol–water partition coefficient (Wildman–Crippen LogP) is 2.89. The summed E-state index contributed by atoms with van der Waals surface area (Å²) >= 11 is 1.80. The zero-order chi connectivity index (χ0) is 12.8. The quantitative estimate of drug-likeness (QED) is 0.684. The molecule has 3 N–H and O–H groups in total. The van der Waals surface area contributed by atoms with Crippen molar-refractivity contribution in [3.05, 3.63) is 23.8 Å². The van der Waals surface area contributed by atoms with Gasteiger partial charge in [0.15, 0.2) is 0 Å². The normalized spacial score (nSPS) is 14.5. The highest BCUT2D eigenvalue weighted by Crippen LogP contribution is 2.28. The number of rotatable bonds is 6. The van der Waals surface area contributed by atoms with Gasteiger partial charge >= 0.3 is 0 Å². The largest absolute Gasteiger partial charge is 0.508 e. The van der Waals surface area contributed by atoms with Gasteiger partial charge in [-0.05, 0) is 37.8 Å². The molecule has 2 unspecified atom stereocenters.